The van der Waals surface area contributed by atoms with Crippen LogP contribution in [-0.2, 0) is 0 Å². The molecule has 0 aliphatic carbocycles. The lowest BCUT2D eigenvalue weighted by Crippen LogP contribution is -1.79. The van der Waals surface area contributed by atoms with Crippen molar-refractivity contribution in [2.24, 2.45) is 0 Å². The number of benzene rings is 1. The van der Waals surface area contributed by atoms with Crippen LogP contribution in [0.25, 0.3) is 11.0 Å². The lowest BCUT2D eigenvalue weighted by Gasteiger charge is -1.97. The Morgan fingerprint density at radius 1 is 1.29 bits per heavy atom. The second kappa shape index (κ2) is 4.77. The molecule has 0 radical (unpaired) electrons. The second-order valence-electron chi connectivity index (χ2n) is 3.17. The molecule has 2 aromatic rings. The van der Waals surface area contributed by atoms with Crippen molar-refractivity contribution in [1.82, 2.24) is 9.97 Å². The molecule has 0 bridgehead atoms. The molecule has 3 nitrogen and oxygen atoms in total. The Balaban J connectivity index is 0.000000293. The van der Waals surface area contributed by atoms with E-state index in [1.165, 1.54) is 11.1 Å². The van der Waals surface area contributed by atoms with Gasteiger partial charge in [-0.25, -0.2) is 4.98 Å². The quantitative estimate of drug-likeness (QED) is 0.672. The molecule has 2 rings (SSSR count). The minimum atomic E-state index is 0.250. The molecular weight excluding hydrogens is 176 g/mol. The van der Waals surface area contributed by atoms with Gasteiger partial charge in [0, 0.05) is 6.61 Å². The molecule has 0 saturated heterocycles. The van der Waals surface area contributed by atoms with E-state index >= 15 is 0 Å². The number of aromatic amines is 1. The number of H-pyrrole nitrogens is 1. The Kier molecular flexibility index (Phi) is 3.65. The zero-order chi connectivity index (χ0) is 10.6. The summed E-state index contributed by atoms with van der Waals surface area (Å²) in [5.41, 5.74) is 4.77. The largest absolute Gasteiger partial charge is 0.397 e. The molecule has 1 heterocycles. The van der Waals surface area contributed by atoms with E-state index in [1.54, 1.807) is 13.3 Å². The third kappa shape index (κ3) is 2.33. The maximum Gasteiger partial charge on any atom is 0.0931 e. The number of aryl methyl sites for hydroxylation is 2. The molecule has 0 spiro atoms. The zero-order valence-corrected chi connectivity index (χ0v) is 8.83. The number of imidazole rings is 1. The molecule has 0 unspecified atom stereocenters. The van der Waals surface area contributed by atoms with Crippen LogP contribution in [0.3, 0.4) is 0 Å². The first kappa shape index (κ1) is 10.7. The number of aliphatic hydroxyl groups excluding tert-OH is 1. The standard InChI is InChI=1S/C9H10N2.C2H6O/c1-6-3-8-9(4-7(6)2)11-5-10-8;1-2-3/h3-5H,1-2H3,(H,10,11);3H,2H2,1H3. The summed E-state index contributed by atoms with van der Waals surface area (Å²) in [5, 5.41) is 7.57. The first-order valence-corrected chi connectivity index (χ1v) is 4.70. The maximum absolute atomic E-state index is 7.57. The third-order valence-electron chi connectivity index (χ3n) is 2.04. The number of aliphatic hydroxyl groups is 1. The first-order chi connectivity index (χ1) is 6.69. The van der Waals surface area contributed by atoms with Crippen molar-refractivity contribution in [3.63, 3.8) is 0 Å². The average Bonchev–Trinajstić information content (AvgIpc) is 2.54. The van der Waals surface area contributed by atoms with Crippen molar-refractivity contribution >= 4 is 11.0 Å². The molecule has 0 fully saturated rings. The fraction of sp³-hybridized carbons (Fsp3) is 0.364. The SMILES string of the molecule is CCO.Cc1cc2nc[nH]c2cc1C. The van der Waals surface area contributed by atoms with Crippen molar-refractivity contribution in [3.8, 4) is 0 Å². The van der Waals surface area contributed by atoms with Crippen molar-refractivity contribution < 1.29 is 5.11 Å². The summed E-state index contributed by atoms with van der Waals surface area (Å²) in [4.78, 5) is 7.24. The lowest BCUT2D eigenvalue weighted by molar-refractivity contribution is 0.318. The average molecular weight is 192 g/mol. The van der Waals surface area contributed by atoms with Crippen LogP contribution < -0.4 is 0 Å². The molecule has 0 amide bonds. The van der Waals surface area contributed by atoms with Crippen LogP contribution in [0.1, 0.15) is 18.1 Å². The highest BCUT2D eigenvalue weighted by molar-refractivity contribution is 5.76. The van der Waals surface area contributed by atoms with Crippen molar-refractivity contribution in [2.75, 3.05) is 6.61 Å². The monoisotopic (exact) mass is 192 g/mol. The van der Waals surface area contributed by atoms with Gasteiger partial charge >= 0.3 is 0 Å². The maximum atomic E-state index is 7.57. The van der Waals surface area contributed by atoms with E-state index in [4.69, 9.17) is 5.11 Å². The van der Waals surface area contributed by atoms with Gasteiger partial charge in [-0.05, 0) is 44.0 Å². The van der Waals surface area contributed by atoms with Crippen LogP contribution in [0.2, 0.25) is 0 Å². The van der Waals surface area contributed by atoms with Crippen LogP contribution in [0, 0.1) is 13.8 Å². The number of hydrogen-bond acceptors (Lipinski definition) is 2. The fourth-order valence-electron chi connectivity index (χ4n) is 1.19. The normalized spacial score (nSPS) is 9.71. The Morgan fingerprint density at radius 3 is 2.50 bits per heavy atom. The van der Waals surface area contributed by atoms with Gasteiger partial charge in [0.1, 0.15) is 0 Å². The number of aromatic nitrogens is 2. The highest BCUT2D eigenvalue weighted by Crippen LogP contribution is 2.14. The van der Waals surface area contributed by atoms with Crippen LogP contribution in [0.4, 0.5) is 0 Å². The fourth-order valence-corrected chi connectivity index (χ4v) is 1.19. The highest BCUT2D eigenvalue weighted by atomic mass is 16.2. The van der Waals surface area contributed by atoms with Crippen molar-refractivity contribution in [3.05, 3.63) is 29.6 Å². The van der Waals surface area contributed by atoms with Gasteiger partial charge in [-0.1, -0.05) is 0 Å². The zero-order valence-electron chi connectivity index (χ0n) is 8.83. The van der Waals surface area contributed by atoms with Gasteiger partial charge in [0.15, 0.2) is 0 Å². The molecule has 76 valence electrons. The van der Waals surface area contributed by atoms with Gasteiger partial charge in [-0.3, -0.25) is 0 Å². The van der Waals surface area contributed by atoms with E-state index in [1.807, 2.05) is 0 Å². The predicted molar refractivity (Wildman–Crippen MR) is 58.3 cm³/mol. The Labute approximate surface area is 83.8 Å². The summed E-state index contributed by atoms with van der Waals surface area (Å²) < 4.78 is 0. The minimum Gasteiger partial charge on any atom is -0.397 e. The Morgan fingerprint density at radius 2 is 1.86 bits per heavy atom. The molecule has 3 heteroatoms. The summed E-state index contributed by atoms with van der Waals surface area (Å²) in [6.45, 7) is 6.14. The molecule has 0 saturated carbocycles. The summed E-state index contributed by atoms with van der Waals surface area (Å²) in [5.74, 6) is 0. The Bertz CT molecular complexity index is 371. The van der Waals surface area contributed by atoms with E-state index in [0.29, 0.717) is 0 Å². The van der Waals surface area contributed by atoms with E-state index in [-0.39, 0.29) is 6.61 Å². The van der Waals surface area contributed by atoms with Gasteiger partial charge in [0.25, 0.3) is 0 Å². The van der Waals surface area contributed by atoms with Crippen LogP contribution in [0.5, 0.6) is 0 Å². The predicted octanol–water partition coefficient (Wildman–Crippen LogP) is 2.18. The van der Waals surface area contributed by atoms with Crippen molar-refractivity contribution in [2.45, 2.75) is 20.8 Å². The number of nitrogens with one attached hydrogen (secondary N) is 1. The summed E-state index contributed by atoms with van der Waals surface area (Å²) in [7, 11) is 0. The molecule has 1 aromatic carbocycles. The van der Waals surface area contributed by atoms with Crippen LogP contribution >= 0.6 is 0 Å². The smallest absolute Gasteiger partial charge is 0.0931 e. The molecule has 0 atom stereocenters. The summed E-state index contributed by atoms with van der Waals surface area (Å²) in [6.07, 6.45) is 1.73. The second-order valence-corrected chi connectivity index (χ2v) is 3.17. The molecular formula is C11H16N2O. The lowest BCUT2D eigenvalue weighted by atomic mass is 10.1. The van der Waals surface area contributed by atoms with E-state index < -0.39 is 0 Å². The van der Waals surface area contributed by atoms with Gasteiger partial charge < -0.3 is 10.1 Å². The number of fused-ring (bicyclic) bond motifs is 1. The van der Waals surface area contributed by atoms with Crippen molar-refractivity contribution in [1.29, 1.82) is 0 Å². The van der Waals surface area contributed by atoms with Crippen LogP contribution in [0.15, 0.2) is 18.5 Å². The van der Waals surface area contributed by atoms with Gasteiger partial charge in [0.05, 0.1) is 17.4 Å². The number of rotatable bonds is 0. The van der Waals surface area contributed by atoms with Gasteiger partial charge in [0.2, 0.25) is 0 Å². The van der Waals surface area contributed by atoms with Crippen LogP contribution in [-0.4, -0.2) is 21.7 Å². The molecule has 1 aromatic heterocycles. The topological polar surface area (TPSA) is 48.9 Å². The third-order valence-corrected chi connectivity index (χ3v) is 2.04. The van der Waals surface area contributed by atoms with E-state index in [0.717, 1.165) is 11.0 Å². The summed E-state index contributed by atoms with van der Waals surface area (Å²) >= 11 is 0. The molecule has 2 N–H and O–H groups in total. The first-order valence-electron chi connectivity index (χ1n) is 4.70. The number of nitrogens with zero attached hydrogens (tertiary/aromatic N) is 1. The summed E-state index contributed by atoms with van der Waals surface area (Å²) in [6, 6.07) is 4.22. The van der Waals surface area contributed by atoms with E-state index in [2.05, 4.69) is 35.9 Å². The Hall–Kier alpha value is -1.35. The molecule has 0 aliphatic rings. The number of hydrogen-bond donors (Lipinski definition) is 2. The van der Waals surface area contributed by atoms with E-state index in [9.17, 15) is 0 Å². The van der Waals surface area contributed by atoms with Gasteiger partial charge in [-0.15, -0.1) is 0 Å². The highest BCUT2D eigenvalue weighted by Gasteiger charge is 1.97. The molecule has 0 aliphatic heterocycles. The molecule has 14 heavy (non-hydrogen) atoms. The minimum absolute atomic E-state index is 0.250. The van der Waals surface area contributed by atoms with Gasteiger partial charge in [-0.2, -0.15) is 0 Å².